The van der Waals surface area contributed by atoms with Gasteiger partial charge in [0.1, 0.15) is 0 Å². The van der Waals surface area contributed by atoms with Gasteiger partial charge in [-0.2, -0.15) is 0 Å². The third-order valence-electron chi connectivity index (χ3n) is 6.82. The number of carbonyl (C=O) groups excluding carboxylic acids is 1. The van der Waals surface area contributed by atoms with E-state index in [1.807, 2.05) is 7.05 Å². The summed E-state index contributed by atoms with van der Waals surface area (Å²) in [5.41, 5.74) is 0. The summed E-state index contributed by atoms with van der Waals surface area (Å²) in [4.78, 5) is 21.8. The molecular formula is C22H42IN5O. The summed E-state index contributed by atoms with van der Waals surface area (Å²) in [5.74, 6) is 2.31. The number of carbonyl (C=O) groups is 1. The minimum absolute atomic E-state index is 0. The van der Waals surface area contributed by atoms with Crippen molar-refractivity contribution < 1.29 is 4.79 Å². The quantitative estimate of drug-likeness (QED) is 0.322. The third-order valence-corrected chi connectivity index (χ3v) is 6.82. The molecule has 0 aromatic rings. The van der Waals surface area contributed by atoms with Crippen molar-refractivity contribution in [3.05, 3.63) is 0 Å². The number of likely N-dealkylation sites (tertiary alicyclic amines) is 2. The first-order chi connectivity index (χ1) is 13.7. The molecule has 29 heavy (non-hydrogen) atoms. The van der Waals surface area contributed by atoms with Crippen molar-refractivity contribution in [2.24, 2.45) is 16.8 Å². The van der Waals surface area contributed by atoms with Gasteiger partial charge in [-0.1, -0.05) is 26.2 Å². The zero-order valence-electron chi connectivity index (χ0n) is 18.5. The topological polar surface area (TPSA) is 60.0 Å². The molecule has 0 aromatic carbocycles. The standard InChI is InChI=1S/C22H41N5O.HI/c1-3-12-26-13-9-18(10-14-26)16-24-22(23-2)25-20-11-15-27(17-20)21(28)19-7-5-4-6-8-19;/h18-20H,3-17H2,1-2H3,(H2,23,24,25);1H. The molecule has 3 rings (SSSR count). The van der Waals surface area contributed by atoms with Crippen LogP contribution in [-0.4, -0.2) is 74.0 Å². The lowest BCUT2D eigenvalue weighted by Gasteiger charge is -2.32. The third kappa shape index (κ3) is 7.56. The summed E-state index contributed by atoms with van der Waals surface area (Å²) < 4.78 is 0. The van der Waals surface area contributed by atoms with E-state index in [2.05, 4.69) is 32.3 Å². The van der Waals surface area contributed by atoms with Crippen LogP contribution >= 0.6 is 24.0 Å². The highest BCUT2D eigenvalue weighted by Gasteiger charge is 2.31. The highest BCUT2D eigenvalue weighted by atomic mass is 127. The average Bonchev–Trinajstić information content (AvgIpc) is 3.21. The summed E-state index contributed by atoms with van der Waals surface area (Å²) in [5, 5.41) is 7.09. The molecule has 3 aliphatic rings. The van der Waals surface area contributed by atoms with E-state index >= 15 is 0 Å². The molecular weight excluding hydrogens is 477 g/mol. The van der Waals surface area contributed by atoms with Gasteiger partial charge in [0.2, 0.25) is 5.91 Å². The fourth-order valence-corrected chi connectivity index (χ4v) is 5.05. The van der Waals surface area contributed by atoms with E-state index in [0.717, 1.165) is 50.8 Å². The van der Waals surface area contributed by atoms with Gasteiger partial charge in [0.05, 0.1) is 0 Å². The number of nitrogens with one attached hydrogen (secondary N) is 2. The molecule has 168 valence electrons. The lowest BCUT2D eigenvalue weighted by molar-refractivity contribution is -0.135. The lowest BCUT2D eigenvalue weighted by atomic mass is 9.88. The summed E-state index contributed by atoms with van der Waals surface area (Å²) >= 11 is 0. The second-order valence-corrected chi connectivity index (χ2v) is 8.99. The summed E-state index contributed by atoms with van der Waals surface area (Å²) in [6, 6.07) is 0.324. The number of piperidine rings is 1. The normalized spacial score (nSPS) is 25.0. The molecule has 1 saturated carbocycles. The van der Waals surface area contributed by atoms with E-state index in [-0.39, 0.29) is 29.9 Å². The number of aliphatic imine (C=N–C) groups is 1. The zero-order valence-corrected chi connectivity index (χ0v) is 20.8. The number of guanidine groups is 1. The number of halogens is 1. The van der Waals surface area contributed by atoms with Gasteiger partial charge in [-0.05, 0) is 64.1 Å². The second kappa shape index (κ2) is 13.0. The second-order valence-electron chi connectivity index (χ2n) is 8.99. The Balaban J connectivity index is 0.00000300. The molecule has 0 spiro atoms. The van der Waals surface area contributed by atoms with E-state index in [9.17, 15) is 4.79 Å². The lowest BCUT2D eigenvalue weighted by Crippen LogP contribution is -2.47. The molecule has 0 radical (unpaired) electrons. The summed E-state index contributed by atoms with van der Waals surface area (Å²) in [7, 11) is 1.85. The molecule has 0 bridgehead atoms. The van der Waals surface area contributed by atoms with E-state index in [0.29, 0.717) is 11.9 Å². The Hall–Kier alpha value is -0.570. The zero-order chi connectivity index (χ0) is 19.8. The van der Waals surface area contributed by atoms with Crippen LogP contribution in [0.5, 0.6) is 0 Å². The van der Waals surface area contributed by atoms with E-state index in [4.69, 9.17) is 0 Å². The number of hydrogen-bond donors (Lipinski definition) is 2. The molecule has 1 atom stereocenters. The largest absolute Gasteiger partial charge is 0.356 e. The molecule has 6 nitrogen and oxygen atoms in total. The van der Waals surface area contributed by atoms with Crippen LogP contribution in [0.4, 0.5) is 0 Å². The Bertz CT molecular complexity index is 515. The Morgan fingerprint density at radius 2 is 1.76 bits per heavy atom. The molecule has 2 N–H and O–H groups in total. The molecule has 1 aliphatic carbocycles. The van der Waals surface area contributed by atoms with Gasteiger partial charge in [-0.15, -0.1) is 24.0 Å². The smallest absolute Gasteiger partial charge is 0.225 e. The average molecular weight is 520 g/mol. The molecule has 1 amide bonds. The van der Waals surface area contributed by atoms with Crippen LogP contribution in [0.1, 0.15) is 64.7 Å². The Labute approximate surface area is 194 Å². The van der Waals surface area contributed by atoms with Crippen molar-refractivity contribution in [3.8, 4) is 0 Å². The van der Waals surface area contributed by atoms with Gasteiger partial charge < -0.3 is 20.4 Å². The molecule has 2 heterocycles. The molecule has 7 heteroatoms. The van der Waals surface area contributed by atoms with Gasteiger partial charge in [-0.25, -0.2) is 0 Å². The molecule has 2 saturated heterocycles. The van der Waals surface area contributed by atoms with Crippen LogP contribution in [0.15, 0.2) is 4.99 Å². The van der Waals surface area contributed by atoms with Crippen LogP contribution in [0, 0.1) is 11.8 Å². The van der Waals surface area contributed by atoms with Crippen LogP contribution in [0.25, 0.3) is 0 Å². The van der Waals surface area contributed by atoms with Gasteiger partial charge >= 0.3 is 0 Å². The highest BCUT2D eigenvalue weighted by molar-refractivity contribution is 14.0. The molecule has 3 fully saturated rings. The number of amides is 1. The monoisotopic (exact) mass is 519 g/mol. The molecule has 0 aromatic heterocycles. The Kier molecular flexibility index (Phi) is 11.0. The maximum atomic E-state index is 12.8. The van der Waals surface area contributed by atoms with Gasteiger partial charge in [0, 0.05) is 38.6 Å². The minimum Gasteiger partial charge on any atom is -0.356 e. The fraction of sp³-hybridized carbons (Fsp3) is 0.909. The Morgan fingerprint density at radius 1 is 1.03 bits per heavy atom. The summed E-state index contributed by atoms with van der Waals surface area (Å²) in [6.45, 7) is 8.67. The first-order valence-corrected chi connectivity index (χ1v) is 11.7. The number of hydrogen-bond acceptors (Lipinski definition) is 3. The van der Waals surface area contributed by atoms with Crippen LogP contribution in [-0.2, 0) is 4.79 Å². The predicted molar refractivity (Wildman–Crippen MR) is 131 cm³/mol. The van der Waals surface area contributed by atoms with Crippen molar-refractivity contribution in [3.63, 3.8) is 0 Å². The first-order valence-electron chi connectivity index (χ1n) is 11.7. The predicted octanol–water partition coefficient (Wildman–Crippen LogP) is 3.07. The minimum atomic E-state index is 0. The van der Waals surface area contributed by atoms with E-state index in [1.54, 1.807) is 0 Å². The van der Waals surface area contributed by atoms with Gasteiger partial charge in [0.25, 0.3) is 0 Å². The van der Waals surface area contributed by atoms with Crippen molar-refractivity contribution in [1.82, 2.24) is 20.4 Å². The van der Waals surface area contributed by atoms with Gasteiger partial charge in [0.15, 0.2) is 5.96 Å². The highest BCUT2D eigenvalue weighted by Crippen LogP contribution is 2.26. The SMILES string of the molecule is CCCN1CCC(CNC(=NC)NC2CCN(C(=O)C3CCCCC3)C2)CC1.I. The van der Waals surface area contributed by atoms with Crippen LogP contribution in [0.2, 0.25) is 0 Å². The molecule has 1 unspecified atom stereocenters. The Morgan fingerprint density at radius 3 is 2.41 bits per heavy atom. The van der Waals surface area contributed by atoms with Crippen molar-refractivity contribution >= 4 is 35.8 Å². The van der Waals surface area contributed by atoms with Crippen LogP contribution < -0.4 is 10.6 Å². The molecule has 2 aliphatic heterocycles. The van der Waals surface area contributed by atoms with E-state index < -0.39 is 0 Å². The van der Waals surface area contributed by atoms with Crippen molar-refractivity contribution in [2.45, 2.75) is 70.8 Å². The van der Waals surface area contributed by atoms with Crippen molar-refractivity contribution in [1.29, 1.82) is 0 Å². The van der Waals surface area contributed by atoms with E-state index in [1.165, 1.54) is 58.2 Å². The fourth-order valence-electron chi connectivity index (χ4n) is 5.05. The van der Waals surface area contributed by atoms with Gasteiger partial charge in [-0.3, -0.25) is 9.79 Å². The number of nitrogens with zero attached hydrogens (tertiary/aromatic N) is 3. The number of rotatable bonds is 6. The summed E-state index contributed by atoms with van der Waals surface area (Å²) in [6.07, 6.45) is 10.7. The van der Waals surface area contributed by atoms with Crippen molar-refractivity contribution in [2.75, 3.05) is 46.3 Å². The maximum absolute atomic E-state index is 12.8. The maximum Gasteiger partial charge on any atom is 0.225 e. The first kappa shape index (κ1) is 24.7. The van der Waals surface area contributed by atoms with Crippen LogP contribution in [0.3, 0.4) is 0 Å².